The third kappa shape index (κ3) is 2.66. The molecule has 1 saturated heterocycles. The van der Waals surface area contributed by atoms with Gasteiger partial charge in [0.2, 0.25) is 0 Å². The number of aromatic nitrogens is 1. The molecule has 0 atom stereocenters. The Hall–Kier alpha value is -0.780. The van der Waals surface area contributed by atoms with E-state index in [2.05, 4.69) is 9.88 Å². The first-order valence-corrected chi connectivity index (χ1v) is 6.32. The van der Waals surface area contributed by atoms with E-state index in [1.807, 2.05) is 6.92 Å². The molecule has 2 heterocycles. The average Bonchev–Trinajstić information content (AvgIpc) is 2.62. The lowest BCUT2D eigenvalue weighted by Crippen LogP contribution is -2.35. The van der Waals surface area contributed by atoms with E-state index in [-0.39, 0.29) is 6.10 Å². The lowest BCUT2D eigenvalue weighted by atomic mass is 10.1. The molecule has 0 spiro atoms. The Kier molecular flexibility index (Phi) is 3.68. The number of carbonyl (C=O) groups excluding carboxylic acids is 1. The number of aryl methyl sites for hydroxylation is 1. The van der Waals surface area contributed by atoms with Gasteiger partial charge in [-0.25, -0.2) is 4.98 Å². The fourth-order valence-corrected chi connectivity index (χ4v) is 2.84. The highest BCUT2D eigenvalue weighted by atomic mass is 32.1. The van der Waals surface area contributed by atoms with Crippen molar-refractivity contribution in [1.82, 2.24) is 9.88 Å². The largest absolute Gasteiger partial charge is 0.393 e. The second-order valence-corrected chi connectivity index (χ2v) is 5.30. The zero-order valence-corrected chi connectivity index (χ0v) is 10.2. The van der Waals surface area contributed by atoms with Gasteiger partial charge >= 0.3 is 0 Å². The second kappa shape index (κ2) is 5.03. The smallest absolute Gasteiger partial charge is 0.161 e. The summed E-state index contributed by atoms with van der Waals surface area (Å²) in [6.45, 7) is 4.49. The Morgan fingerprint density at radius 2 is 2.25 bits per heavy atom. The van der Waals surface area contributed by atoms with Gasteiger partial charge in [-0.3, -0.25) is 9.69 Å². The summed E-state index contributed by atoms with van der Waals surface area (Å²) in [4.78, 5) is 18.1. The molecule has 16 heavy (non-hydrogen) atoms. The number of carbonyl (C=O) groups is 1. The van der Waals surface area contributed by atoms with Crippen LogP contribution >= 0.6 is 11.3 Å². The highest BCUT2D eigenvalue weighted by molar-refractivity contribution is 7.13. The van der Waals surface area contributed by atoms with Gasteiger partial charge in [-0.15, -0.1) is 11.3 Å². The maximum Gasteiger partial charge on any atom is 0.161 e. The standard InChI is InChI=1S/C11H16N2O2S/c1-8-10(7-14)16-11(12-8)6-13-4-2-9(15)3-5-13/h7,9,15H,2-6H2,1H3. The molecule has 1 aromatic heterocycles. The fraction of sp³-hybridized carbons (Fsp3) is 0.636. The van der Waals surface area contributed by atoms with Crippen molar-refractivity contribution in [2.24, 2.45) is 0 Å². The first-order chi connectivity index (χ1) is 7.69. The molecular weight excluding hydrogens is 224 g/mol. The molecule has 0 radical (unpaired) electrons. The Morgan fingerprint density at radius 3 is 2.81 bits per heavy atom. The van der Waals surface area contributed by atoms with Crippen molar-refractivity contribution in [3.05, 3.63) is 15.6 Å². The van der Waals surface area contributed by atoms with Crippen molar-refractivity contribution in [3.63, 3.8) is 0 Å². The van der Waals surface area contributed by atoms with E-state index < -0.39 is 0 Å². The number of rotatable bonds is 3. The number of aliphatic hydroxyl groups is 1. The van der Waals surface area contributed by atoms with Crippen LogP contribution in [-0.2, 0) is 6.54 Å². The highest BCUT2D eigenvalue weighted by Crippen LogP contribution is 2.19. The highest BCUT2D eigenvalue weighted by Gasteiger charge is 2.18. The summed E-state index contributed by atoms with van der Waals surface area (Å²) in [6.07, 6.45) is 2.41. The van der Waals surface area contributed by atoms with E-state index in [1.54, 1.807) is 0 Å². The third-order valence-electron chi connectivity index (χ3n) is 2.90. The maximum absolute atomic E-state index is 10.7. The first-order valence-electron chi connectivity index (χ1n) is 5.51. The molecule has 5 heteroatoms. The molecule has 0 amide bonds. The van der Waals surface area contributed by atoms with Gasteiger partial charge in [-0.1, -0.05) is 0 Å². The van der Waals surface area contributed by atoms with Crippen LogP contribution < -0.4 is 0 Å². The Balaban J connectivity index is 1.95. The molecule has 1 aromatic rings. The molecule has 1 aliphatic heterocycles. The van der Waals surface area contributed by atoms with Gasteiger partial charge in [-0.2, -0.15) is 0 Å². The fourth-order valence-electron chi connectivity index (χ4n) is 1.91. The van der Waals surface area contributed by atoms with E-state index in [1.165, 1.54) is 11.3 Å². The summed E-state index contributed by atoms with van der Waals surface area (Å²) in [5.74, 6) is 0. The number of hydrogen-bond donors (Lipinski definition) is 1. The molecule has 1 aliphatic rings. The third-order valence-corrected chi connectivity index (χ3v) is 3.97. The number of hydrogen-bond acceptors (Lipinski definition) is 5. The molecule has 4 nitrogen and oxygen atoms in total. The molecule has 1 fully saturated rings. The Bertz CT molecular complexity index is 370. The van der Waals surface area contributed by atoms with Gasteiger partial charge in [0.15, 0.2) is 6.29 Å². The minimum absolute atomic E-state index is 0.139. The van der Waals surface area contributed by atoms with Gasteiger partial charge in [0.1, 0.15) is 5.01 Å². The summed E-state index contributed by atoms with van der Waals surface area (Å²) in [5.41, 5.74) is 0.826. The average molecular weight is 240 g/mol. The minimum Gasteiger partial charge on any atom is -0.393 e. The number of aliphatic hydroxyl groups excluding tert-OH is 1. The molecule has 1 N–H and O–H groups in total. The lowest BCUT2D eigenvalue weighted by molar-refractivity contribution is 0.0792. The van der Waals surface area contributed by atoms with E-state index in [0.29, 0.717) is 0 Å². The zero-order valence-electron chi connectivity index (χ0n) is 9.35. The van der Waals surface area contributed by atoms with E-state index >= 15 is 0 Å². The summed E-state index contributed by atoms with van der Waals surface area (Å²) >= 11 is 1.47. The molecule has 0 aliphatic carbocycles. The molecule has 0 bridgehead atoms. The molecule has 0 aromatic carbocycles. The summed E-state index contributed by atoms with van der Waals surface area (Å²) in [7, 11) is 0. The lowest BCUT2D eigenvalue weighted by Gasteiger charge is -2.28. The number of nitrogens with zero attached hydrogens (tertiary/aromatic N) is 2. The Morgan fingerprint density at radius 1 is 1.56 bits per heavy atom. The van der Waals surface area contributed by atoms with Crippen molar-refractivity contribution in [3.8, 4) is 0 Å². The molecule has 0 unspecified atom stereocenters. The number of piperidine rings is 1. The summed E-state index contributed by atoms with van der Waals surface area (Å²) < 4.78 is 0. The van der Waals surface area contributed by atoms with Gasteiger partial charge in [0.05, 0.1) is 23.2 Å². The van der Waals surface area contributed by atoms with Crippen LogP contribution in [0.4, 0.5) is 0 Å². The van der Waals surface area contributed by atoms with Crippen molar-refractivity contribution in [1.29, 1.82) is 0 Å². The van der Waals surface area contributed by atoms with Crippen molar-refractivity contribution in [2.45, 2.75) is 32.4 Å². The van der Waals surface area contributed by atoms with Crippen LogP contribution in [0.1, 0.15) is 33.2 Å². The van der Waals surface area contributed by atoms with Gasteiger partial charge in [0.25, 0.3) is 0 Å². The number of aldehydes is 1. The normalized spacial score (nSPS) is 18.9. The quantitative estimate of drug-likeness (QED) is 0.807. The van der Waals surface area contributed by atoms with Crippen LogP contribution in [0.15, 0.2) is 0 Å². The van der Waals surface area contributed by atoms with Crippen LogP contribution in [0, 0.1) is 6.92 Å². The van der Waals surface area contributed by atoms with Crippen molar-refractivity contribution < 1.29 is 9.90 Å². The van der Waals surface area contributed by atoms with Crippen LogP contribution in [0.2, 0.25) is 0 Å². The predicted molar refractivity (Wildman–Crippen MR) is 62.8 cm³/mol. The van der Waals surface area contributed by atoms with Crippen LogP contribution in [0.25, 0.3) is 0 Å². The zero-order chi connectivity index (χ0) is 11.5. The number of thiazole rings is 1. The minimum atomic E-state index is -0.139. The van der Waals surface area contributed by atoms with Gasteiger partial charge < -0.3 is 5.11 Å². The topological polar surface area (TPSA) is 53.4 Å². The van der Waals surface area contributed by atoms with Crippen LogP contribution in [0.3, 0.4) is 0 Å². The summed E-state index contributed by atoms with van der Waals surface area (Å²) in [5, 5.41) is 10.4. The van der Waals surface area contributed by atoms with E-state index in [0.717, 1.165) is 54.3 Å². The number of likely N-dealkylation sites (tertiary alicyclic amines) is 1. The SMILES string of the molecule is Cc1nc(CN2CCC(O)CC2)sc1C=O. The molecular formula is C11H16N2O2S. The van der Waals surface area contributed by atoms with E-state index in [4.69, 9.17) is 0 Å². The van der Waals surface area contributed by atoms with Crippen molar-refractivity contribution >= 4 is 17.6 Å². The molecule has 2 rings (SSSR count). The van der Waals surface area contributed by atoms with E-state index in [9.17, 15) is 9.90 Å². The van der Waals surface area contributed by atoms with Crippen LogP contribution in [-0.4, -0.2) is 40.5 Å². The Labute approximate surface area is 98.9 Å². The van der Waals surface area contributed by atoms with Gasteiger partial charge in [-0.05, 0) is 19.8 Å². The predicted octanol–water partition coefficient (Wildman–Crippen LogP) is 1.22. The molecule has 0 saturated carbocycles. The summed E-state index contributed by atoms with van der Waals surface area (Å²) in [6, 6.07) is 0. The van der Waals surface area contributed by atoms with Gasteiger partial charge in [0, 0.05) is 13.1 Å². The van der Waals surface area contributed by atoms with Crippen molar-refractivity contribution in [2.75, 3.05) is 13.1 Å². The maximum atomic E-state index is 10.7. The molecule has 88 valence electrons. The second-order valence-electron chi connectivity index (χ2n) is 4.18. The van der Waals surface area contributed by atoms with Crippen LogP contribution in [0.5, 0.6) is 0 Å². The monoisotopic (exact) mass is 240 g/mol. The first kappa shape index (κ1) is 11.7.